The lowest BCUT2D eigenvalue weighted by molar-refractivity contribution is -0.128. The maximum Gasteiger partial charge on any atom is 0.255 e. The van der Waals surface area contributed by atoms with E-state index in [1.165, 1.54) is 0 Å². The van der Waals surface area contributed by atoms with E-state index in [1.54, 1.807) is 56.3 Å². The Morgan fingerprint density at radius 2 is 1.73 bits per heavy atom. The van der Waals surface area contributed by atoms with Crippen LogP contribution in [0, 0.1) is 0 Å². The topological polar surface area (TPSA) is 67.9 Å². The first-order valence-corrected chi connectivity index (χ1v) is 11.7. The Hall–Kier alpha value is -3.16. The number of methoxy groups -OCH3 is 2. The van der Waals surface area contributed by atoms with Crippen molar-refractivity contribution in [1.29, 1.82) is 0 Å². The monoisotopic (exact) mass is 482 g/mol. The van der Waals surface area contributed by atoms with E-state index in [0.29, 0.717) is 40.1 Å². The van der Waals surface area contributed by atoms with Crippen LogP contribution in [-0.4, -0.2) is 36.7 Å². The molecule has 1 aliphatic heterocycles. The van der Waals surface area contributed by atoms with Gasteiger partial charge in [-0.3, -0.25) is 9.59 Å². The van der Waals surface area contributed by atoms with Gasteiger partial charge in [0.2, 0.25) is 5.91 Å². The number of amides is 2. The van der Waals surface area contributed by atoms with Crippen LogP contribution >= 0.6 is 23.4 Å². The van der Waals surface area contributed by atoms with Crippen molar-refractivity contribution in [3.05, 3.63) is 88.4 Å². The molecule has 0 aliphatic carbocycles. The summed E-state index contributed by atoms with van der Waals surface area (Å²) in [6, 6.07) is 20.0. The Bertz CT molecular complexity index is 1150. The number of carbonyl (C=O) groups excluding carboxylic acids is 2. The van der Waals surface area contributed by atoms with Crippen LogP contribution in [0.2, 0.25) is 5.02 Å². The summed E-state index contributed by atoms with van der Waals surface area (Å²) in [6.07, 6.45) is 0. The SMILES string of the molecule is COc1ccc(NC(=O)c2ccc([C@H]3SCC(=O)N3Cc3ccc(Cl)cc3)cc2)cc1OC. The molecule has 0 aromatic heterocycles. The van der Waals surface area contributed by atoms with Gasteiger partial charge in [-0.25, -0.2) is 0 Å². The van der Waals surface area contributed by atoms with Crippen LogP contribution in [0.4, 0.5) is 5.69 Å². The predicted molar refractivity (Wildman–Crippen MR) is 131 cm³/mol. The van der Waals surface area contributed by atoms with Gasteiger partial charge in [0, 0.05) is 28.9 Å². The smallest absolute Gasteiger partial charge is 0.255 e. The fourth-order valence-corrected chi connectivity index (χ4v) is 4.92. The molecule has 1 atom stereocenters. The van der Waals surface area contributed by atoms with Gasteiger partial charge in [0.15, 0.2) is 11.5 Å². The van der Waals surface area contributed by atoms with Crippen molar-refractivity contribution < 1.29 is 19.1 Å². The van der Waals surface area contributed by atoms with E-state index < -0.39 is 0 Å². The van der Waals surface area contributed by atoms with Gasteiger partial charge in [-0.1, -0.05) is 35.9 Å². The molecule has 4 rings (SSSR count). The van der Waals surface area contributed by atoms with E-state index in [0.717, 1.165) is 11.1 Å². The lowest BCUT2D eigenvalue weighted by Gasteiger charge is -2.24. The molecule has 0 radical (unpaired) electrons. The molecule has 170 valence electrons. The van der Waals surface area contributed by atoms with Crippen molar-refractivity contribution in [3.63, 3.8) is 0 Å². The Kier molecular flexibility index (Phi) is 7.11. The minimum Gasteiger partial charge on any atom is -0.493 e. The average molecular weight is 483 g/mol. The highest BCUT2D eigenvalue weighted by Gasteiger charge is 2.32. The van der Waals surface area contributed by atoms with E-state index >= 15 is 0 Å². The lowest BCUT2D eigenvalue weighted by Crippen LogP contribution is -2.27. The molecule has 1 aliphatic rings. The van der Waals surface area contributed by atoms with E-state index in [4.69, 9.17) is 21.1 Å². The second-order valence-electron chi connectivity index (χ2n) is 7.46. The van der Waals surface area contributed by atoms with Crippen LogP contribution in [-0.2, 0) is 11.3 Å². The van der Waals surface area contributed by atoms with Crippen molar-refractivity contribution >= 4 is 40.9 Å². The van der Waals surface area contributed by atoms with Gasteiger partial charge in [0.05, 0.1) is 20.0 Å². The van der Waals surface area contributed by atoms with Crippen LogP contribution in [0.3, 0.4) is 0 Å². The highest BCUT2D eigenvalue weighted by Crippen LogP contribution is 2.39. The van der Waals surface area contributed by atoms with E-state index in [-0.39, 0.29) is 17.2 Å². The number of carbonyl (C=O) groups is 2. The normalized spacial score (nSPS) is 15.4. The first-order chi connectivity index (χ1) is 16.0. The fraction of sp³-hybridized carbons (Fsp3) is 0.200. The third kappa shape index (κ3) is 5.26. The first kappa shape index (κ1) is 23.0. The maximum absolute atomic E-state index is 12.7. The number of benzene rings is 3. The molecular weight excluding hydrogens is 460 g/mol. The average Bonchev–Trinajstić information content (AvgIpc) is 3.20. The number of hydrogen-bond acceptors (Lipinski definition) is 5. The molecule has 0 spiro atoms. The largest absolute Gasteiger partial charge is 0.493 e. The molecule has 0 unspecified atom stereocenters. The van der Waals surface area contributed by atoms with Crippen molar-refractivity contribution in [2.45, 2.75) is 11.9 Å². The molecule has 3 aromatic rings. The van der Waals surface area contributed by atoms with Crippen LogP contribution in [0.15, 0.2) is 66.7 Å². The molecule has 0 saturated carbocycles. The van der Waals surface area contributed by atoms with Gasteiger partial charge in [0.1, 0.15) is 5.37 Å². The van der Waals surface area contributed by atoms with Crippen LogP contribution < -0.4 is 14.8 Å². The van der Waals surface area contributed by atoms with Gasteiger partial charge >= 0.3 is 0 Å². The second-order valence-corrected chi connectivity index (χ2v) is 8.96. The summed E-state index contributed by atoms with van der Waals surface area (Å²) in [5.74, 6) is 1.41. The minimum atomic E-state index is -0.234. The Labute approximate surface area is 201 Å². The van der Waals surface area contributed by atoms with Crippen LogP contribution in [0.5, 0.6) is 11.5 Å². The summed E-state index contributed by atoms with van der Waals surface area (Å²) in [5, 5.41) is 3.44. The highest BCUT2D eigenvalue weighted by atomic mass is 35.5. The molecule has 8 heteroatoms. The fourth-order valence-electron chi connectivity index (χ4n) is 3.60. The van der Waals surface area contributed by atoms with Gasteiger partial charge in [-0.05, 0) is 47.5 Å². The van der Waals surface area contributed by atoms with E-state index in [2.05, 4.69) is 5.32 Å². The predicted octanol–water partition coefficient (Wildman–Crippen LogP) is 5.38. The summed E-state index contributed by atoms with van der Waals surface area (Å²) in [7, 11) is 3.11. The Balaban J connectivity index is 1.46. The number of thioether (sulfide) groups is 1. The van der Waals surface area contributed by atoms with Crippen molar-refractivity contribution in [1.82, 2.24) is 4.90 Å². The molecule has 6 nitrogen and oxygen atoms in total. The number of ether oxygens (including phenoxy) is 2. The molecule has 3 aromatic carbocycles. The van der Waals surface area contributed by atoms with Gasteiger partial charge in [-0.2, -0.15) is 0 Å². The second kappa shape index (κ2) is 10.2. The number of anilines is 1. The lowest BCUT2D eigenvalue weighted by atomic mass is 10.1. The molecule has 1 heterocycles. The first-order valence-electron chi connectivity index (χ1n) is 10.3. The van der Waals surface area contributed by atoms with E-state index in [9.17, 15) is 9.59 Å². The number of rotatable bonds is 7. The van der Waals surface area contributed by atoms with Crippen molar-refractivity contribution in [2.75, 3.05) is 25.3 Å². The summed E-state index contributed by atoms with van der Waals surface area (Å²) in [6.45, 7) is 0.509. The van der Waals surface area contributed by atoms with Crippen molar-refractivity contribution in [3.8, 4) is 11.5 Å². The van der Waals surface area contributed by atoms with Crippen LogP contribution in [0.25, 0.3) is 0 Å². The number of nitrogens with one attached hydrogen (secondary N) is 1. The Morgan fingerprint density at radius 3 is 2.39 bits per heavy atom. The summed E-state index contributed by atoms with van der Waals surface area (Å²) >= 11 is 7.56. The van der Waals surface area contributed by atoms with Crippen molar-refractivity contribution in [2.24, 2.45) is 0 Å². The van der Waals surface area contributed by atoms with Gasteiger partial charge in [0.25, 0.3) is 5.91 Å². The maximum atomic E-state index is 12.7. The number of hydrogen-bond donors (Lipinski definition) is 1. The molecule has 33 heavy (non-hydrogen) atoms. The highest BCUT2D eigenvalue weighted by molar-refractivity contribution is 8.00. The molecule has 0 bridgehead atoms. The number of nitrogens with zero attached hydrogens (tertiary/aromatic N) is 1. The standard InChI is InChI=1S/C25H23ClN2O4S/c1-31-21-12-11-20(13-22(21)32-2)27-24(30)17-5-7-18(8-6-17)25-28(23(29)15-33-25)14-16-3-9-19(26)10-4-16/h3-13,25H,14-15H2,1-2H3,(H,27,30)/t25-/m1/s1. The zero-order valence-electron chi connectivity index (χ0n) is 18.2. The number of halogens is 1. The molecular formula is C25H23ClN2O4S. The summed E-state index contributed by atoms with van der Waals surface area (Å²) < 4.78 is 10.5. The third-order valence-corrected chi connectivity index (χ3v) is 6.84. The molecule has 1 N–H and O–H groups in total. The molecule has 1 fully saturated rings. The minimum absolute atomic E-state index is 0.0928. The quantitative estimate of drug-likeness (QED) is 0.489. The van der Waals surface area contributed by atoms with E-state index in [1.807, 2.05) is 41.3 Å². The van der Waals surface area contributed by atoms with Gasteiger partial charge < -0.3 is 19.7 Å². The molecule has 2 amide bonds. The van der Waals surface area contributed by atoms with Gasteiger partial charge in [-0.15, -0.1) is 11.8 Å². The zero-order chi connectivity index (χ0) is 23.4. The van der Waals surface area contributed by atoms with Crippen LogP contribution in [0.1, 0.15) is 26.9 Å². The Morgan fingerprint density at radius 1 is 1.03 bits per heavy atom. The third-order valence-electron chi connectivity index (χ3n) is 5.33. The molecule has 1 saturated heterocycles. The summed E-state index contributed by atoms with van der Waals surface area (Å²) in [5.41, 5.74) is 3.12. The summed E-state index contributed by atoms with van der Waals surface area (Å²) in [4.78, 5) is 27.1. The zero-order valence-corrected chi connectivity index (χ0v) is 19.8.